The van der Waals surface area contributed by atoms with Crippen molar-refractivity contribution in [3.63, 3.8) is 0 Å². The zero-order valence-corrected chi connectivity index (χ0v) is 10.5. The van der Waals surface area contributed by atoms with Gasteiger partial charge in [-0.3, -0.25) is 0 Å². The van der Waals surface area contributed by atoms with E-state index >= 15 is 0 Å². The lowest BCUT2D eigenvalue weighted by atomic mass is 10.0. The van der Waals surface area contributed by atoms with E-state index in [1.165, 1.54) is 0 Å². The fourth-order valence-electron chi connectivity index (χ4n) is 0.801. The summed E-state index contributed by atoms with van der Waals surface area (Å²) < 4.78 is 0. The van der Waals surface area contributed by atoms with E-state index in [-0.39, 0.29) is 5.41 Å². The van der Waals surface area contributed by atoms with Gasteiger partial charge in [-0.1, -0.05) is 25.6 Å². The van der Waals surface area contributed by atoms with E-state index in [1.807, 2.05) is 13.0 Å². The molecular weight excluding hydrogens is 212 g/mol. The Hall–Kier alpha value is -0.220. The predicted molar refractivity (Wildman–Crippen MR) is 65.1 cm³/mol. The first kappa shape index (κ1) is 11.9. The van der Waals surface area contributed by atoms with Crippen molar-refractivity contribution in [3.8, 4) is 0 Å². The van der Waals surface area contributed by atoms with Crippen molar-refractivity contribution in [3.05, 3.63) is 18.0 Å². The van der Waals surface area contributed by atoms with Crippen LogP contribution in [-0.2, 0) is 0 Å². The summed E-state index contributed by atoms with van der Waals surface area (Å²) in [5.41, 5.74) is 1.26. The minimum Gasteiger partial charge on any atom is -0.231 e. The Bertz CT molecular complexity index is 300. The van der Waals surface area contributed by atoms with Crippen LogP contribution in [-0.4, -0.2) is 21.5 Å². The minimum absolute atomic E-state index is 0.237. The van der Waals surface area contributed by atoms with Crippen LogP contribution in [0.15, 0.2) is 17.4 Å². The Labute approximate surface area is 95.3 Å². The van der Waals surface area contributed by atoms with Crippen molar-refractivity contribution < 1.29 is 0 Å². The summed E-state index contributed by atoms with van der Waals surface area (Å²) in [6.07, 6.45) is 1.80. The smallest absolute Gasteiger partial charge is 0.187 e. The molecule has 1 aromatic heterocycles. The third kappa shape index (κ3) is 3.88. The second-order valence-corrected chi connectivity index (χ2v) is 5.35. The molecule has 0 aliphatic rings. The maximum absolute atomic E-state index is 4.34. The molecule has 0 aliphatic heterocycles. The molecule has 0 aliphatic carbocycles. The first-order chi connectivity index (χ1) is 6.53. The molecule has 0 fully saturated rings. The van der Waals surface area contributed by atoms with Gasteiger partial charge in [0.05, 0.1) is 0 Å². The van der Waals surface area contributed by atoms with Gasteiger partial charge in [-0.15, -0.1) is 0 Å². The lowest BCUT2D eigenvalue weighted by Gasteiger charge is -2.20. The second kappa shape index (κ2) is 5.03. The zero-order valence-electron chi connectivity index (χ0n) is 8.82. The van der Waals surface area contributed by atoms with Crippen molar-refractivity contribution in [1.29, 1.82) is 0 Å². The summed E-state index contributed by atoms with van der Waals surface area (Å²) >= 11 is 6.01. The Morgan fingerprint density at radius 3 is 2.79 bits per heavy atom. The molecule has 0 atom stereocenters. The van der Waals surface area contributed by atoms with Gasteiger partial charge in [0.25, 0.3) is 0 Å². The highest BCUT2D eigenvalue weighted by Gasteiger charge is 2.16. The van der Waals surface area contributed by atoms with Gasteiger partial charge in [-0.05, 0) is 24.2 Å². The van der Waals surface area contributed by atoms with Crippen molar-refractivity contribution >= 4 is 24.4 Å². The van der Waals surface area contributed by atoms with Crippen LogP contribution >= 0.6 is 24.4 Å². The fraction of sp³-hybridized carbons (Fsp3) is 0.600. The average molecular weight is 228 g/mol. The highest BCUT2D eigenvalue weighted by molar-refractivity contribution is 7.99. The van der Waals surface area contributed by atoms with E-state index in [1.54, 1.807) is 18.0 Å². The van der Waals surface area contributed by atoms with E-state index in [0.717, 1.165) is 22.4 Å². The third-order valence-electron chi connectivity index (χ3n) is 1.79. The number of hydrogen-bond acceptors (Lipinski definition) is 4. The van der Waals surface area contributed by atoms with Gasteiger partial charge in [-0.2, -0.15) is 12.6 Å². The van der Waals surface area contributed by atoms with Crippen LogP contribution in [0.5, 0.6) is 0 Å². The van der Waals surface area contributed by atoms with Crippen LogP contribution < -0.4 is 0 Å². The first-order valence-electron chi connectivity index (χ1n) is 4.57. The van der Waals surface area contributed by atoms with E-state index in [4.69, 9.17) is 0 Å². The maximum atomic E-state index is 4.34. The Kier molecular flexibility index (Phi) is 4.26. The topological polar surface area (TPSA) is 25.8 Å². The number of nitrogens with zero attached hydrogens (tertiary/aromatic N) is 2. The Balaban J connectivity index is 2.54. The molecule has 2 nitrogen and oxygen atoms in total. The van der Waals surface area contributed by atoms with Crippen LogP contribution in [0.3, 0.4) is 0 Å². The first-order valence-corrected chi connectivity index (χ1v) is 6.19. The van der Waals surface area contributed by atoms with Gasteiger partial charge in [0.15, 0.2) is 5.16 Å². The molecule has 0 unspecified atom stereocenters. The molecule has 0 amide bonds. The fourth-order valence-corrected chi connectivity index (χ4v) is 2.03. The van der Waals surface area contributed by atoms with Crippen molar-refractivity contribution in [2.45, 2.75) is 25.9 Å². The van der Waals surface area contributed by atoms with Crippen molar-refractivity contribution in [1.82, 2.24) is 9.97 Å². The number of aryl methyl sites for hydroxylation is 1. The van der Waals surface area contributed by atoms with Crippen molar-refractivity contribution in [2.24, 2.45) is 5.41 Å². The molecule has 0 spiro atoms. The summed E-state index contributed by atoms with van der Waals surface area (Å²) in [7, 11) is 0. The zero-order chi connectivity index (χ0) is 10.6. The molecule has 78 valence electrons. The molecule has 1 aromatic rings. The molecule has 0 bridgehead atoms. The van der Waals surface area contributed by atoms with E-state index in [0.29, 0.717) is 0 Å². The number of hydrogen-bond donors (Lipinski definition) is 1. The lowest BCUT2D eigenvalue weighted by Crippen LogP contribution is -2.16. The SMILES string of the molecule is Cc1ccnc(SCC(C)(C)CS)n1. The third-order valence-corrected chi connectivity index (χ3v) is 4.03. The standard InChI is InChI=1S/C10H16N2S2/c1-8-4-5-11-9(12-8)14-7-10(2,3)6-13/h4-5,13H,6-7H2,1-3H3. The molecule has 1 rings (SSSR count). The highest BCUT2D eigenvalue weighted by atomic mass is 32.2. The number of thioether (sulfide) groups is 1. The van der Waals surface area contributed by atoms with Gasteiger partial charge < -0.3 is 0 Å². The van der Waals surface area contributed by atoms with E-state index in [9.17, 15) is 0 Å². The average Bonchev–Trinajstić information content (AvgIpc) is 2.15. The Morgan fingerprint density at radius 1 is 1.50 bits per heavy atom. The van der Waals surface area contributed by atoms with Crippen LogP contribution in [0.4, 0.5) is 0 Å². The largest absolute Gasteiger partial charge is 0.231 e. The molecule has 1 heterocycles. The van der Waals surface area contributed by atoms with Gasteiger partial charge in [0, 0.05) is 17.6 Å². The van der Waals surface area contributed by atoms with Crippen LogP contribution in [0.25, 0.3) is 0 Å². The Morgan fingerprint density at radius 2 is 2.21 bits per heavy atom. The van der Waals surface area contributed by atoms with Crippen LogP contribution in [0, 0.1) is 12.3 Å². The highest BCUT2D eigenvalue weighted by Crippen LogP contribution is 2.26. The molecule has 14 heavy (non-hydrogen) atoms. The van der Waals surface area contributed by atoms with Crippen molar-refractivity contribution in [2.75, 3.05) is 11.5 Å². The maximum Gasteiger partial charge on any atom is 0.187 e. The van der Waals surface area contributed by atoms with E-state index in [2.05, 4.69) is 36.4 Å². The molecule has 0 aromatic carbocycles. The number of aromatic nitrogens is 2. The monoisotopic (exact) mass is 228 g/mol. The normalized spacial score (nSPS) is 11.7. The molecule has 4 heteroatoms. The summed E-state index contributed by atoms with van der Waals surface area (Å²) in [6, 6.07) is 1.91. The summed E-state index contributed by atoms with van der Waals surface area (Å²) in [5, 5.41) is 0.861. The van der Waals surface area contributed by atoms with Gasteiger partial charge in [-0.25, -0.2) is 9.97 Å². The summed E-state index contributed by atoms with van der Waals surface area (Å²) in [4.78, 5) is 8.54. The summed E-state index contributed by atoms with van der Waals surface area (Å²) in [5.74, 6) is 1.88. The predicted octanol–water partition coefficient (Wildman–Crippen LogP) is 2.83. The lowest BCUT2D eigenvalue weighted by molar-refractivity contribution is 0.493. The number of thiol groups is 1. The van der Waals surface area contributed by atoms with E-state index < -0.39 is 0 Å². The van der Waals surface area contributed by atoms with Gasteiger partial charge >= 0.3 is 0 Å². The molecule has 0 saturated carbocycles. The minimum atomic E-state index is 0.237. The molecular formula is C10H16N2S2. The molecule has 0 radical (unpaired) electrons. The van der Waals surface area contributed by atoms with Gasteiger partial charge in [0.1, 0.15) is 0 Å². The second-order valence-electron chi connectivity index (χ2n) is 4.09. The molecule has 0 saturated heterocycles. The summed E-state index contributed by atoms with van der Waals surface area (Å²) in [6.45, 7) is 6.38. The molecule has 0 N–H and O–H groups in total. The van der Waals surface area contributed by atoms with Gasteiger partial charge in [0.2, 0.25) is 0 Å². The van der Waals surface area contributed by atoms with Crippen LogP contribution in [0.1, 0.15) is 19.5 Å². The quantitative estimate of drug-likeness (QED) is 0.487. The van der Waals surface area contributed by atoms with Crippen LogP contribution in [0.2, 0.25) is 0 Å². The number of rotatable bonds is 4.